The quantitative estimate of drug-likeness (QED) is 0.910. The van der Waals surface area contributed by atoms with Crippen molar-refractivity contribution in [2.75, 3.05) is 19.7 Å². The zero-order valence-corrected chi connectivity index (χ0v) is 11.5. The van der Waals surface area contributed by atoms with E-state index in [1.165, 1.54) is 12.1 Å². The highest BCUT2D eigenvalue weighted by atomic mass is 79.9. The molecule has 1 amide bonds. The maximum absolute atomic E-state index is 13.7. The number of hydrogen-bond acceptors (Lipinski definition) is 2. The summed E-state index contributed by atoms with van der Waals surface area (Å²) in [5.74, 6) is -0.501. The lowest BCUT2D eigenvalue weighted by molar-refractivity contribution is 0.0646. The number of likely N-dealkylation sites (tertiary alicyclic amines) is 1. The van der Waals surface area contributed by atoms with E-state index >= 15 is 0 Å². The van der Waals surface area contributed by atoms with E-state index in [0.29, 0.717) is 17.6 Å². The van der Waals surface area contributed by atoms with Gasteiger partial charge in [0.25, 0.3) is 5.91 Å². The van der Waals surface area contributed by atoms with Gasteiger partial charge in [-0.1, -0.05) is 15.9 Å². The van der Waals surface area contributed by atoms with Crippen molar-refractivity contribution in [3.05, 3.63) is 34.1 Å². The Kier molecular flexibility index (Phi) is 4.35. The molecule has 5 heteroatoms. The molecule has 0 bridgehead atoms. The lowest BCUT2D eigenvalue weighted by atomic mass is 9.97. The number of carbonyl (C=O) groups excluding carboxylic acids is 1. The summed E-state index contributed by atoms with van der Waals surface area (Å²) in [6, 6.07) is 4.46. The van der Waals surface area contributed by atoms with Gasteiger partial charge in [-0.3, -0.25) is 4.79 Å². The normalized spacial score (nSPS) is 16.9. The second-order valence-corrected chi connectivity index (χ2v) is 5.46. The Hall–Kier alpha value is -0.940. The molecule has 0 spiro atoms. The summed E-state index contributed by atoms with van der Waals surface area (Å²) < 4.78 is 14.3. The summed E-state index contributed by atoms with van der Waals surface area (Å²) in [6.07, 6.45) is 1.56. The first kappa shape index (κ1) is 13.5. The second kappa shape index (κ2) is 5.80. The number of piperidine rings is 1. The molecule has 1 fully saturated rings. The molecule has 0 aliphatic carbocycles. The van der Waals surface area contributed by atoms with Crippen LogP contribution in [0.3, 0.4) is 0 Å². The van der Waals surface area contributed by atoms with Crippen LogP contribution in [0.5, 0.6) is 0 Å². The summed E-state index contributed by atoms with van der Waals surface area (Å²) in [7, 11) is 0. The molecule has 1 aromatic carbocycles. The molecule has 1 aliphatic rings. The lowest BCUT2D eigenvalue weighted by Crippen LogP contribution is -2.39. The Morgan fingerprint density at radius 3 is 2.67 bits per heavy atom. The molecule has 0 atom stereocenters. The van der Waals surface area contributed by atoms with Crippen LogP contribution in [0.2, 0.25) is 0 Å². The molecule has 1 aliphatic heterocycles. The molecule has 18 heavy (non-hydrogen) atoms. The fourth-order valence-electron chi connectivity index (χ4n) is 2.15. The first-order chi connectivity index (χ1) is 8.61. The van der Waals surface area contributed by atoms with E-state index in [1.54, 1.807) is 11.0 Å². The maximum Gasteiger partial charge on any atom is 0.256 e. The highest BCUT2D eigenvalue weighted by molar-refractivity contribution is 9.10. The van der Waals surface area contributed by atoms with Crippen molar-refractivity contribution < 1.29 is 14.3 Å². The molecular weight excluding hydrogens is 301 g/mol. The molecule has 1 saturated heterocycles. The zero-order chi connectivity index (χ0) is 13.1. The third-order valence-corrected chi connectivity index (χ3v) is 3.81. The predicted octanol–water partition coefficient (Wildman–Crippen LogP) is 2.43. The maximum atomic E-state index is 13.7. The van der Waals surface area contributed by atoms with Crippen LogP contribution in [-0.2, 0) is 0 Å². The third-order valence-electron chi connectivity index (χ3n) is 3.32. The molecule has 0 saturated carbocycles. The molecule has 1 heterocycles. The van der Waals surface area contributed by atoms with Crippen LogP contribution in [0.15, 0.2) is 22.7 Å². The van der Waals surface area contributed by atoms with Gasteiger partial charge in [0.2, 0.25) is 0 Å². The zero-order valence-electron chi connectivity index (χ0n) is 9.90. The summed E-state index contributed by atoms with van der Waals surface area (Å²) in [6.45, 7) is 1.33. The van der Waals surface area contributed by atoms with Crippen LogP contribution in [0.4, 0.5) is 4.39 Å². The van der Waals surface area contributed by atoms with Gasteiger partial charge in [0.15, 0.2) is 0 Å². The van der Waals surface area contributed by atoms with Crippen LogP contribution in [0.1, 0.15) is 23.2 Å². The van der Waals surface area contributed by atoms with Gasteiger partial charge < -0.3 is 10.0 Å². The fourth-order valence-corrected chi connectivity index (χ4v) is 2.49. The van der Waals surface area contributed by atoms with E-state index in [0.717, 1.165) is 12.8 Å². The lowest BCUT2D eigenvalue weighted by Gasteiger charge is -2.31. The minimum atomic E-state index is -0.501. The number of benzene rings is 1. The van der Waals surface area contributed by atoms with E-state index in [2.05, 4.69) is 15.9 Å². The van der Waals surface area contributed by atoms with Crippen molar-refractivity contribution in [3.8, 4) is 0 Å². The molecule has 98 valence electrons. The smallest absolute Gasteiger partial charge is 0.256 e. The summed E-state index contributed by atoms with van der Waals surface area (Å²) in [4.78, 5) is 13.8. The second-order valence-electron chi connectivity index (χ2n) is 4.54. The Labute approximate surface area is 114 Å². The molecular formula is C13H15BrFNO2. The van der Waals surface area contributed by atoms with Crippen molar-refractivity contribution in [3.63, 3.8) is 0 Å². The number of halogens is 2. The van der Waals surface area contributed by atoms with Gasteiger partial charge in [0, 0.05) is 24.2 Å². The molecule has 0 unspecified atom stereocenters. The number of aliphatic hydroxyl groups is 1. The van der Waals surface area contributed by atoms with Crippen LogP contribution >= 0.6 is 15.9 Å². The molecule has 2 rings (SSSR count). The van der Waals surface area contributed by atoms with E-state index in [-0.39, 0.29) is 24.0 Å². The molecule has 1 aromatic rings. The van der Waals surface area contributed by atoms with Crippen molar-refractivity contribution in [2.45, 2.75) is 12.8 Å². The van der Waals surface area contributed by atoms with Gasteiger partial charge in [0.1, 0.15) is 5.82 Å². The number of hydrogen-bond donors (Lipinski definition) is 1. The van der Waals surface area contributed by atoms with Crippen LogP contribution in [0, 0.1) is 11.7 Å². The number of nitrogens with zero attached hydrogens (tertiary/aromatic N) is 1. The number of aliphatic hydroxyl groups excluding tert-OH is 1. The molecule has 1 N–H and O–H groups in total. The van der Waals surface area contributed by atoms with Crippen LogP contribution in [-0.4, -0.2) is 35.6 Å². The minimum absolute atomic E-state index is 0.112. The Morgan fingerprint density at radius 2 is 2.11 bits per heavy atom. The van der Waals surface area contributed by atoms with Gasteiger partial charge in [-0.25, -0.2) is 4.39 Å². The summed E-state index contributed by atoms with van der Waals surface area (Å²) >= 11 is 3.17. The fraction of sp³-hybridized carbons (Fsp3) is 0.462. The Bertz CT molecular complexity index is 445. The van der Waals surface area contributed by atoms with Gasteiger partial charge in [-0.15, -0.1) is 0 Å². The SMILES string of the molecule is O=C(c1ccc(Br)cc1F)N1CCC(CO)CC1. The van der Waals surface area contributed by atoms with Crippen molar-refractivity contribution >= 4 is 21.8 Å². The third kappa shape index (κ3) is 2.90. The van der Waals surface area contributed by atoms with Crippen molar-refractivity contribution in [2.24, 2.45) is 5.92 Å². The Morgan fingerprint density at radius 1 is 1.44 bits per heavy atom. The van der Waals surface area contributed by atoms with Crippen molar-refractivity contribution in [1.82, 2.24) is 4.90 Å². The highest BCUT2D eigenvalue weighted by Gasteiger charge is 2.24. The number of amides is 1. The van der Waals surface area contributed by atoms with Gasteiger partial charge in [-0.05, 0) is 37.0 Å². The summed E-state index contributed by atoms with van der Waals surface area (Å²) in [5.41, 5.74) is 0.112. The predicted molar refractivity (Wildman–Crippen MR) is 69.8 cm³/mol. The van der Waals surface area contributed by atoms with E-state index in [4.69, 9.17) is 5.11 Å². The van der Waals surface area contributed by atoms with Gasteiger partial charge >= 0.3 is 0 Å². The van der Waals surface area contributed by atoms with Crippen LogP contribution in [0.25, 0.3) is 0 Å². The number of carbonyl (C=O) groups is 1. The topological polar surface area (TPSA) is 40.5 Å². The van der Waals surface area contributed by atoms with Crippen LogP contribution < -0.4 is 0 Å². The standard InChI is InChI=1S/C13H15BrFNO2/c14-10-1-2-11(12(15)7-10)13(18)16-5-3-9(8-17)4-6-16/h1-2,7,9,17H,3-6,8H2. The van der Waals surface area contributed by atoms with Gasteiger partial charge in [-0.2, -0.15) is 0 Å². The largest absolute Gasteiger partial charge is 0.396 e. The van der Waals surface area contributed by atoms with E-state index < -0.39 is 5.82 Å². The average molecular weight is 316 g/mol. The number of rotatable bonds is 2. The summed E-state index contributed by atoms with van der Waals surface area (Å²) in [5, 5.41) is 9.04. The van der Waals surface area contributed by atoms with E-state index in [1.807, 2.05) is 0 Å². The average Bonchev–Trinajstić information content (AvgIpc) is 2.38. The highest BCUT2D eigenvalue weighted by Crippen LogP contribution is 2.21. The molecule has 0 radical (unpaired) electrons. The minimum Gasteiger partial charge on any atom is -0.396 e. The molecule has 3 nitrogen and oxygen atoms in total. The first-order valence-electron chi connectivity index (χ1n) is 5.97. The molecule has 0 aromatic heterocycles. The van der Waals surface area contributed by atoms with Crippen molar-refractivity contribution in [1.29, 1.82) is 0 Å². The van der Waals surface area contributed by atoms with E-state index in [9.17, 15) is 9.18 Å². The Balaban J connectivity index is 2.08. The monoisotopic (exact) mass is 315 g/mol. The van der Waals surface area contributed by atoms with Gasteiger partial charge in [0.05, 0.1) is 5.56 Å². The first-order valence-corrected chi connectivity index (χ1v) is 6.76.